The van der Waals surface area contributed by atoms with E-state index in [1.54, 1.807) is 6.07 Å². The van der Waals surface area contributed by atoms with E-state index in [4.69, 9.17) is 27.9 Å². The van der Waals surface area contributed by atoms with Crippen molar-refractivity contribution < 1.29 is 9.53 Å². The van der Waals surface area contributed by atoms with E-state index in [0.29, 0.717) is 20.6 Å². The minimum absolute atomic E-state index is 0.233. The summed E-state index contributed by atoms with van der Waals surface area (Å²) in [4.78, 5) is 15.5. The van der Waals surface area contributed by atoms with Crippen LogP contribution in [0.1, 0.15) is 9.67 Å². The molecule has 0 atom stereocenters. The average Bonchev–Trinajstić information content (AvgIpc) is 2.98. The number of fused-ring (bicyclic) bond motifs is 1. The largest absolute Gasteiger partial charge is 0.378 e. The van der Waals surface area contributed by atoms with Gasteiger partial charge in [0, 0.05) is 38.4 Å². The minimum Gasteiger partial charge on any atom is -0.378 e. The molecule has 0 spiro atoms. The van der Waals surface area contributed by atoms with Gasteiger partial charge in [0.25, 0.3) is 5.91 Å². The first-order valence-corrected chi connectivity index (χ1v) is 10.7. The summed E-state index contributed by atoms with van der Waals surface area (Å²) in [6.45, 7) is 3.15. The van der Waals surface area contributed by atoms with Crippen LogP contribution in [0.25, 0.3) is 10.1 Å². The summed E-state index contributed by atoms with van der Waals surface area (Å²) < 4.78 is 7.21. The van der Waals surface area contributed by atoms with E-state index < -0.39 is 0 Å². The van der Waals surface area contributed by atoms with Gasteiger partial charge in [-0.15, -0.1) is 11.3 Å². The van der Waals surface area contributed by atoms with E-state index in [0.717, 1.165) is 46.5 Å². The molecule has 0 radical (unpaired) electrons. The second-order valence-corrected chi connectivity index (χ2v) is 8.83. The van der Waals surface area contributed by atoms with Gasteiger partial charge < -0.3 is 15.0 Å². The molecule has 1 fully saturated rings. The fourth-order valence-electron chi connectivity index (χ4n) is 3.02. The van der Waals surface area contributed by atoms with Crippen molar-refractivity contribution in [2.24, 2.45) is 0 Å². The van der Waals surface area contributed by atoms with Crippen molar-refractivity contribution in [2.45, 2.75) is 0 Å². The van der Waals surface area contributed by atoms with Crippen LogP contribution in [0.5, 0.6) is 0 Å². The maximum absolute atomic E-state index is 12.7. The number of rotatable bonds is 3. The van der Waals surface area contributed by atoms with Crippen LogP contribution in [-0.4, -0.2) is 32.2 Å². The van der Waals surface area contributed by atoms with Crippen molar-refractivity contribution in [1.29, 1.82) is 0 Å². The van der Waals surface area contributed by atoms with Gasteiger partial charge >= 0.3 is 0 Å². The second-order valence-electron chi connectivity index (χ2n) is 6.11. The molecule has 1 saturated heterocycles. The van der Waals surface area contributed by atoms with Crippen LogP contribution in [0.15, 0.2) is 40.9 Å². The van der Waals surface area contributed by atoms with Crippen LogP contribution in [-0.2, 0) is 4.74 Å². The molecule has 27 heavy (non-hydrogen) atoms. The summed E-state index contributed by atoms with van der Waals surface area (Å²) in [7, 11) is 0. The Labute approximate surface area is 179 Å². The predicted octanol–water partition coefficient (Wildman–Crippen LogP) is 6.06. The third-order valence-corrected chi connectivity index (χ3v) is 6.88. The Balaban J connectivity index is 1.56. The third-order valence-electron chi connectivity index (χ3n) is 4.36. The number of ether oxygens (including phenoxy) is 1. The zero-order chi connectivity index (χ0) is 19.0. The van der Waals surface area contributed by atoms with Crippen molar-refractivity contribution in [3.8, 4) is 0 Å². The molecule has 2 heterocycles. The monoisotopic (exact) mass is 484 g/mol. The lowest BCUT2D eigenvalue weighted by molar-refractivity contribution is 0.103. The number of benzene rings is 2. The SMILES string of the molecule is O=C(Nc1ccc(N2CCOCC2)c(Br)c1)c1sc2cc(Cl)ccc2c1Cl. The molecule has 2 aromatic carbocycles. The predicted molar refractivity (Wildman–Crippen MR) is 117 cm³/mol. The van der Waals surface area contributed by atoms with Gasteiger partial charge in [0.1, 0.15) is 4.88 Å². The van der Waals surface area contributed by atoms with Gasteiger partial charge in [-0.05, 0) is 46.3 Å². The van der Waals surface area contributed by atoms with Crippen molar-refractivity contribution in [1.82, 2.24) is 0 Å². The van der Waals surface area contributed by atoms with Crippen LogP contribution >= 0.6 is 50.5 Å². The summed E-state index contributed by atoms with van der Waals surface area (Å²) in [5.41, 5.74) is 1.79. The molecule has 4 rings (SSSR count). The van der Waals surface area contributed by atoms with Gasteiger partial charge in [-0.2, -0.15) is 0 Å². The Morgan fingerprint density at radius 3 is 2.67 bits per heavy atom. The number of amides is 1. The molecule has 1 aliphatic rings. The molecule has 0 aliphatic carbocycles. The number of halogens is 3. The number of morpholine rings is 1. The first kappa shape index (κ1) is 19.0. The molecule has 0 bridgehead atoms. The van der Waals surface area contributed by atoms with Crippen LogP contribution in [0.4, 0.5) is 11.4 Å². The molecule has 140 valence electrons. The number of nitrogens with one attached hydrogen (secondary N) is 1. The first-order chi connectivity index (χ1) is 13.0. The number of hydrogen-bond donors (Lipinski definition) is 1. The highest BCUT2D eigenvalue weighted by molar-refractivity contribution is 9.10. The number of carbonyl (C=O) groups excluding carboxylic acids is 1. The maximum Gasteiger partial charge on any atom is 0.267 e. The zero-order valence-corrected chi connectivity index (χ0v) is 18.0. The Morgan fingerprint density at radius 2 is 1.93 bits per heavy atom. The van der Waals surface area contributed by atoms with Gasteiger partial charge in [0.05, 0.1) is 23.9 Å². The van der Waals surface area contributed by atoms with Crippen LogP contribution in [0.3, 0.4) is 0 Å². The van der Waals surface area contributed by atoms with E-state index in [9.17, 15) is 4.79 Å². The molecular weight excluding hydrogens is 471 g/mol. The fraction of sp³-hybridized carbons (Fsp3) is 0.211. The van der Waals surface area contributed by atoms with Crippen LogP contribution < -0.4 is 10.2 Å². The minimum atomic E-state index is -0.233. The molecular formula is C19H15BrCl2N2O2S. The quantitative estimate of drug-likeness (QED) is 0.490. The molecule has 4 nitrogen and oxygen atoms in total. The van der Waals surface area contributed by atoms with Crippen molar-refractivity contribution in [3.63, 3.8) is 0 Å². The van der Waals surface area contributed by atoms with E-state index >= 15 is 0 Å². The lowest BCUT2D eigenvalue weighted by atomic mass is 10.2. The Morgan fingerprint density at radius 1 is 1.15 bits per heavy atom. The van der Waals surface area contributed by atoms with Crippen molar-refractivity contribution >= 4 is 77.8 Å². The molecule has 8 heteroatoms. The molecule has 1 N–H and O–H groups in total. The van der Waals surface area contributed by atoms with E-state index in [-0.39, 0.29) is 5.91 Å². The topological polar surface area (TPSA) is 41.6 Å². The summed E-state index contributed by atoms with van der Waals surface area (Å²) in [5.74, 6) is -0.233. The zero-order valence-electron chi connectivity index (χ0n) is 14.1. The summed E-state index contributed by atoms with van der Waals surface area (Å²) >= 11 is 17.4. The number of nitrogens with zero attached hydrogens (tertiary/aromatic N) is 1. The van der Waals surface area contributed by atoms with Crippen molar-refractivity contribution in [2.75, 3.05) is 36.5 Å². The van der Waals surface area contributed by atoms with Gasteiger partial charge in [-0.3, -0.25) is 4.79 Å². The van der Waals surface area contributed by atoms with Gasteiger partial charge in [-0.1, -0.05) is 29.3 Å². The highest BCUT2D eigenvalue weighted by atomic mass is 79.9. The molecule has 1 aromatic heterocycles. The Bertz CT molecular complexity index is 1020. The fourth-order valence-corrected chi connectivity index (χ4v) is 5.34. The third kappa shape index (κ3) is 3.96. The molecule has 3 aromatic rings. The van der Waals surface area contributed by atoms with Crippen LogP contribution in [0.2, 0.25) is 10.0 Å². The summed E-state index contributed by atoms with van der Waals surface area (Å²) in [6, 6.07) is 11.2. The first-order valence-electron chi connectivity index (χ1n) is 8.34. The molecule has 0 saturated carbocycles. The number of hydrogen-bond acceptors (Lipinski definition) is 4. The lowest BCUT2D eigenvalue weighted by Crippen LogP contribution is -2.36. The summed E-state index contributed by atoms with van der Waals surface area (Å²) in [5, 5.41) is 4.83. The Kier molecular flexibility index (Phi) is 5.62. The maximum atomic E-state index is 12.7. The standard InChI is InChI=1S/C19H15BrCl2N2O2S/c20-14-10-12(2-4-15(14)24-5-7-26-8-6-24)23-19(25)18-17(22)13-3-1-11(21)9-16(13)27-18/h1-4,9-10H,5-8H2,(H,23,25). The summed E-state index contributed by atoms with van der Waals surface area (Å²) in [6.07, 6.45) is 0. The molecule has 1 amide bonds. The molecule has 0 unspecified atom stereocenters. The lowest BCUT2D eigenvalue weighted by Gasteiger charge is -2.29. The van der Waals surface area contributed by atoms with Crippen LogP contribution in [0, 0.1) is 0 Å². The highest BCUT2D eigenvalue weighted by Crippen LogP contribution is 2.37. The normalized spacial score (nSPS) is 14.6. The highest BCUT2D eigenvalue weighted by Gasteiger charge is 2.19. The second kappa shape index (κ2) is 7.97. The van der Waals surface area contributed by atoms with E-state index in [1.165, 1.54) is 11.3 Å². The van der Waals surface area contributed by atoms with E-state index in [2.05, 4.69) is 26.1 Å². The average molecular weight is 486 g/mol. The van der Waals surface area contributed by atoms with Gasteiger partial charge in [0.2, 0.25) is 0 Å². The molecule has 1 aliphatic heterocycles. The Hall–Kier alpha value is -1.31. The smallest absolute Gasteiger partial charge is 0.267 e. The number of thiophene rings is 1. The number of carbonyl (C=O) groups is 1. The van der Waals surface area contributed by atoms with E-state index in [1.807, 2.05) is 30.3 Å². The van der Waals surface area contributed by atoms with Gasteiger partial charge in [0.15, 0.2) is 0 Å². The van der Waals surface area contributed by atoms with Gasteiger partial charge in [-0.25, -0.2) is 0 Å². The number of anilines is 2. The van der Waals surface area contributed by atoms with Crippen molar-refractivity contribution in [3.05, 3.63) is 55.8 Å².